The first-order valence-electron chi connectivity index (χ1n) is 9.02. The van der Waals surface area contributed by atoms with Gasteiger partial charge in [0.05, 0.1) is 4.90 Å². The monoisotopic (exact) mass is 378 g/mol. The first kappa shape index (κ1) is 18.9. The van der Waals surface area contributed by atoms with Crippen LogP contribution in [0.4, 0.5) is 0 Å². The predicted molar refractivity (Wildman–Crippen MR) is 98.7 cm³/mol. The summed E-state index contributed by atoms with van der Waals surface area (Å²) in [4.78, 5) is 0.0988. The summed E-state index contributed by atoms with van der Waals surface area (Å²) >= 11 is 0. The van der Waals surface area contributed by atoms with Gasteiger partial charge in [-0.15, -0.1) is 10.2 Å². The number of nitrogens with one attached hydrogen (secondary N) is 1. The van der Waals surface area contributed by atoms with E-state index in [9.17, 15) is 8.42 Å². The lowest BCUT2D eigenvalue weighted by Crippen LogP contribution is -2.19. The van der Waals surface area contributed by atoms with E-state index in [0.29, 0.717) is 17.0 Å². The van der Waals surface area contributed by atoms with E-state index in [-0.39, 0.29) is 16.6 Å². The number of benzene rings is 1. The van der Waals surface area contributed by atoms with E-state index < -0.39 is 10.0 Å². The first-order chi connectivity index (χ1) is 12.4. The van der Waals surface area contributed by atoms with Crippen LogP contribution in [-0.2, 0) is 10.0 Å². The number of H-pyrrole nitrogens is 1. The van der Waals surface area contributed by atoms with Gasteiger partial charge in [-0.25, -0.2) is 13.6 Å². The number of tetrazole rings is 1. The number of nitrogens with two attached hydrogens (primary N) is 2. The Morgan fingerprint density at radius 3 is 2.54 bits per heavy atom. The number of sulfonamides is 1. The topological polar surface area (TPSA) is 141 Å². The molecule has 142 valence electrons. The van der Waals surface area contributed by atoms with Crippen molar-refractivity contribution in [2.24, 2.45) is 16.8 Å². The summed E-state index contributed by atoms with van der Waals surface area (Å²) in [6, 6.07) is 3.81. The van der Waals surface area contributed by atoms with Gasteiger partial charge >= 0.3 is 0 Å². The van der Waals surface area contributed by atoms with Crippen LogP contribution in [0.3, 0.4) is 0 Å². The number of rotatable bonds is 6. The molecule has 1 aromatic heterocycles. The fraction of sp³-hybridized carbons (Fsp3) is 0.588. The highest BCUT2D eigenvalue weighted by atomic mass is 32.2. The minimum Gasteiger partial charge on any atom is -0.330 e. The molecule has 1 aliphatic rings. The molecule has 1 aromatic carbocycles. The van der Waals surface area contributed by atoms with Gasteiger partial charge in [-0.1, -0.05) is 12.1 Å². The van der Waals surface area contributed by atoms with Crippen molar-refractivity contribution < 1.29 is 8.42 Å². The average Bonchev–Trinajstić information content (AvgIpc) is 3.13. The van der Waals surface area contributed by atoms with E-state index in [1.165, 1.54) is 0 Å². The highest BCUT2D eigenvalue weighted by molar-refractivity contribution is 7.89. The smallest absolute Gasteiger partial charge is 0.239 e. The van der Waals surface area contributed by atoms with Crippen molar-refractivity contribution in [2.45, 2.75) is 56.3 Å². The van der Waals surface area contributed by atoms with Gasteiger partial charge in [-0.3, -0.25) is 0 Å². The lowest BCUT2D eigenvalue weighted by atomic mass is 9.76. The van der Waals surface area contributed by atoms with E-state index in [0.717, 1.165) is 50.6 Å². The normalized spacial score (nSPS) is 21.0. The van der Waals surface area contributed by atoms with E-state index in [1.807, 2.05) is 12.1 Å². The van der Waals surface area contributed by atoms with Crippen LogP contribution in [0.5, 0.6) is 0 Å². The van der Waals surface area contributed by atoms with E-state index in [4.69, 9.17) is 10.9 Å². The Bertz CT molecular complexity index is 842. The van der Waals surface area contributed by atoms with Crippen LogP contribution in [-0.4, -0.2) is 35.6 Å². The molecule has 0 spiro atoms. The Balaban J connectivity index is 1.98. The highest BCUT2D eigenvalue weighted by Gasteiger charge is 2.30. The third-order valence-corrected chi connectivity index (χ3v) is 6.44. The molecule has 0 bridgehead atoms. The Kier molecular flexibility index (Phi) is 5.69. The molecule has 26 heavy (non-hydrogen) atoms. The molecule has 1 saturated carbocycles. The summed E-state index contributed by atoms with van der Waals surface area (Å²) in [7, 11) is -3.91. The van der Waals surface area contributed by atoms with Crippen LogP contribution in [0.2, 0.25) is 0 Å². The second kappa shape index (κ2) is 7.81. The Labute approximate surface area is 153 Å². The molecule has 1 aliphatic carbocycles. The molecule has 0 aliphatic heterocycles. The fourth-order valence-corrected chi connectivity index (χ4v) is 5.09. The Morgan fingerprint density at radius 1 is 1.23 bits per heavy atom. The standard InChI is InChI=1S/C17H26N6O2S/c1-11-4-9-14(13-7-5-12(6-8-13)3-2-10-18)15(16(11)26(19,24)25)17-20-22-23-21-17/h4,9,12-13H,2-3,5-8,10,18H2,1H3,(H2,19,24,25)(H,20,21,22,23). The van der Waals surface area contributed by atoms with Gasteiger partial charge in [0.1, 0.15) is 0 Å². The Morgan fingerprint density at radius 2 is 1.96 bits per heavy atom. The molecule has 8 nitrogen and oxygen atoms in total. The van der Waals surface area contributed by atoms with Gasteiger partial charge < -0.3 is 5.73 Å². The van der Waals surface area contributed by atoms with Gasteiger partial charge in [0, 0.05) is 5.56 Å². The summed E-state index contributed by atoms with van der Waals surface area (Å²) in [5.74, 6) is 1.24. The zero-order chi connectivity index (χ0) is 18.7. The zero-order valence-electron chi connectivity index (χ0n) is 15.0. The van der Waals surface area contributed by atoms with Gasteiger partial charge in [0.25, 0.3) is 0 Å². The first-order valence-corrected chi connectivity index (χ1v) is 10.6. The van der Waals surface area contributed by atoms with Gasteiger partial charge in [-0.2, -0.15) is 5.21 Å². The minimum absolute atomic E-state index is 0.0988. The molecule has 1 fully saturated rings. The van der Waals surface area contributed by atoms with E-state index in [2.05, 4.69) is 20.6 Å². The van der Waals surface area contributed by atoms with Crippen LogP contribution < -0.4 is 10.9 Å². The third kappa shape index (κ3) is 3.94. The lowest BCUT2D eigenvalue weighted by Gasteiger charge is -2.30. The summed E-state index contributed by atoms with van der Waals surface area (Å²) in [5, 5.41) is 19.6. The van der Waals surface area contributed by atoms with Gasteiger partial charge in [0.15, 0.2) is 0 Å². The molecule has 3 rings (SSSR count). The number of hydrogen-bond donors (Lipinski definition) is 3. The van der Waals surface area contributed by atoms with E-state index in [1.54, 1.807) is 6.92 Å². The molecular weight excluding hydrogens is 352 g/mol. The fourth-order valence-electron chi connectivity index (χ4n) is 4.08. The highest BCUT2D eigenvalue weighted by Crippen LogP contribution is 2.42. The quantitative estimate of drug-likeness (QED) is 0.700. The molecule has 1 heterocycles. The van der Waals surface area contributed by atoms with Crippen LogP contribution >= 0.6 is 0 Å². The SMILES string of the molecule is Cc1ccc(C2CCC(CCCN)CC2)c(-c2nn[nH]n2)c1S(N)(=O)=O. The van der Waals surface area contributed by atoms with Gasteiger partial charge in [-0.05, 0) is 80.2 Å². The van der Waals surface area contributed by atoms with Crippen LogP contribution in [0.25, 0.3) is 11.4 Å². The average molecular weight is 379 g/mol. The maximum Gasteiger partial charge on any atom is 0.239 e. The third-order valence-electron chi connectivity index (χ3n) is 5.34. The molecule has 5 N–H and O–H groups in total. The maximum atomic E-state index is 12.3. The summed E-state index contributed by atoms with van der Waals surface area (Å²) in [5.41, 5.74) is 7.64. The number of hydrogen-bond acceptors (Lipinski definition) is 6. The molecular formula is C17H26N6O2S. The minimum atomic E-state index is -3.91. The Hall–Kier alpha value is -1.84. The summed E-state index contributed by atoms with van der Waals surface area (Å²) in [6.45, 7) is 2.47. The van der Waals surface area contributed by atoms with Gasteiger partial charge in [0.2, 0.25) is 15.8 Å². The summed E-state index contributed by atoms with van der Waals surface area (Å²) < 4.78 is 24.5. The lowest BCUT2D eigenvalue weighted by molar-refractivity contribution is 0.306. The van der Waals surface area contributed by atoms with Crippen LogP contribution in [0.15, 0.2) is 17.0 Å². The largest absolute Gasteiger partial charge is 0.330 e. The molecule has 0 unspecified atom stereocenters. The van der Waals surface area contributed by atoms with Crippen molar-refractivity contribution in [1.82, 2.24) is 20.6 Å². The van der Waals surface area contributed by atoms with Crippen LogP contribution in [0, 0.1) is 12.8 Å². The van der Waals surface area contributed by atoms with Crippen molar-refractivity contribution in [3.8, 4) is 11.4 Å². The van der Waals surface area contributed by atoms with E-state index >= 15 is 0 Å². The molecule has 0 atom stereocenters. The number of aromatic amines is 1. The number of aromatic nitrogens is 4. The molecule has 9 heteroatoms. The summed E-state index contributed by atoms with van der Waals surface area (Å²) in [6.07, 6.45) is 6.48. The number of nitrogens with zero attached hydrogens (tertiary/aromatic N) is 3. The molecule has 0 radical (unpaired) electrons. The number of aryl methyl sites for hydroxylation is 1. The van der Waals surface area contributed by atoms with Crippen molar-refractivity contribution in [1.29, 1.82) is 0 Å². The zero-order valence-corrected chi connectivity index (χ0v) is 15.8. The van der Waals surface area contributed by atoms with Crippen molar-refractivity contribution >= 4 is 10.0 Å². The molecule has 2 aromatic rings. The second-order valence-electron chi connectivity index (χ2n) is 7.10. The predicted octanol–water partition coefficient (Wildman–Crippen LogP) is 1.84. The van der Waals surface area contributed by atoms with Crippen molar-refractivity contribution in [2.75, 3.05) is 6.54 Å². The number of primary sulfonamides is 1. The molecule has 0 saturated heterocycles. The van der Waals surface area contributed by atoms with Crippen molar-refractivity contribution in [3.05, 3.63) is 23.3 Å². The second-order valence-corrected chi connectivity index (χ2v) is 8.60. The molecule has 0 amide bonds. The van der Waals surface area contributed by atoms with Crippen LogP contribution in [0.1, 0.15) is 55.6 Å². The maximum absolute atomic E-state index is 12.3. The van der Waals surface area contributed by atoms with Crippen molar-refractivity contribution in [3.63, 3.8) is 0 Å².